The summed E-state index contributed by atoms with van der Waals surface area (Å²) < 4.78 is 17.7. The van der Waals surface area contributed by atoms with Crippen molar-refractivity contribution in [2.24, 2.45) is 0 Å². The van der Waals surface area contributed by atoms with Gasteiger partial charge in [-0.1, -0.05) is 28.9 Å². The van der Waals surface area contributed by atoms with Crippen LogP contribution in [-0.2, 0) is 0 Å². The van der Waals surface area contributed by atoms with Crippen LogP contribution in [0.3, 0.4) is 0 Å². The van der Waals surface area contributed by atoms with Crippen LogP contribution in [0.25, 0.3) is 22.5 Å². The van der Waals surface area contributed by atoms with Gasteiger partial charge in [0.2, 0.25) is 0 Å². The van der Waals surface area contributed by atoms with E-state index in [-0.39, 0.29) is 51.4 Å². The molecule has 0 aliphatic carbocycles. The van der Waals surface area contributed by atoms with Crippen LogP contribution in [-0.4, -0.2) is 39.6 Å². The third-order valence-electron chi connectivity index (χ3n) is 3.75. The van der Waals surface area contributed by atoms with E-state index in [0.717, 1.165) is 6.07 Å². The Morgan fingerprint density at radius 2 is 1.85 bits per heavy atom. The van der Waals surface area contributed by atoms with Gasteiger partial charge in [0.1, 0.15) is 23.9 Å². The maximum atomic E-state index is 12.4. The monoisotopic (exact) mass is 391 g/mol. The number of carbonyl (C=O) groups is 1. The number of phenols is 3. The molecule has 0 radical (unpaired) electrons. The first-order valence-corrected chi connectivity index (χ1v) is 8.15. The zero-order chi connectivity index (χ0) is 19.6. The number of rotatable bonds is 5. The number of hydrogen-bond acceptors (Lipinski definition) is 6. The van der Waals surface area contributed by atoms with E-state index in [1.165, 1.54) is 30.3 Å². The topological polar surface area (TPSA) is 116 Å². The fraction of sp³-hybridized carbons (Fsp3) is 0.111. The van der Waals surface area contributed by atoms with Gasteiger partial charge in [0.25, 0.3) is 5.91 Å². The van der Waals surface area contributed by atoms with Gasteiger partial charge in [-0.3, -0.25) is 4.79 Å². The third kappa shape index (κ3) is 3.65. The van der Waals surface area contributed by atoms with E-state index in [9.17, 15) is 24.5 Å². The largest absolute Gasteiger partial charge is 0.508 e. The molecule has 2 aromatic carbocycles. The number of alkyl halides is 1. The van der Waals surface area contributed by atoms with Gasteiger partial charge in [-0.05, 0) is 23.8 Å². The number of halogens is 2. The number of amides is 1. The summed E-state index contributed by atoms with van der Waals surface area (Å²) in [6.45, 7) is -0.953. The number of aromatic nitrogens is 1. The first kappa shape index (κ1) is 18.5. The van der Waals surface area contributed by atoms with Crippen LogP contribution < -0.4 is 5.32 Å². The molecule has 0 bridgehead atoms. The second kappa shape index (κ2) is 7.55. The summed E-state index contributed by atoms with van der Waals surface area (Å²) in [4.78, 5) is 12.3. The van der Waals surface area contributed by atoms with Crippen molar-refractivity contribution in [3.05, 3.63) is 47.1 Å². The molecule has 0 aliphatic heterocycles. The fourth-order valence-electron chi connectivity index (χ4n) is 2.50. The zero-order valence-corrected chi connectivity index (χ0v) is 14.5. The first-order chi connectivity index (χ1) is 12.9. The maximum absolute atomic E-state index is 12.4. The molecule has 1 heterocycles. The van der Waals surface area contributed by atoms with E-state index in [4.69, 9.17) is 16.1 Å². The van der Waals surface area contributed by atoms with Crippen LogP contribution in [0.1, 0.15) is 10.5 Å². The Morgan fingerprint density at radius 1 is 1.15 bits per heavy atom. The van der Waals surface area contributed by atoms with Crippen LogP contribution in [0, 0.1) is 0 Å². The lowest BCUT2D eigenvalue weighted by Crippen LogP contribution is -2.26. The molecule has 3 rings (SSSR count). The predicted octanol–water partition coefficient (Wildman–Crippen LogP) is 3.48. The Balaban J connectivity index is 2.20. The van der Waals surface area contributed by atoms with Crippen LogP contribution in [0.15, 0.2) is 40.9 Å². The van der Waals surface area contributed by atoms with E-state index < -0.39 is 12.6 Å². The van der Waals surface area contributed by atoms with E-state index >= 15 is 0 Å². The smallest absolute Gasteiger partial charge is 0.274 e. The number of phenolic OH excluding ortho intramolecular Hbond substituents is 3. The van der Waals surface area contributed by atoms with Crippen LogP contribution in [0.4, 0.5) is 4.39 Å². The molecular formula is C18H14ClFN2O5. The molecule has 0 saturated carbocycles. The highest BCUT2D eigenvalue weighted by Crippen LogP contribution is 2.42. The summed E-state index contributed by atoms with van der Waals surface area (Å²) in [5.74, 6) is -1.32. The lowest BCUT2D eigenvalue weighted by Gasteiger charge is -2.08. The summed E-state index contributed by atoms with van der Waals surface area (Å²) >= 11 is 5.92. The summed E-state index contributed by atoms with van der Waals surface area (Å²) in [6.07, 6.45) is 0. The van der Waals surface area contributed by atoms with Crippen LogP contribution in [0.5, 0.6) is 17.2 Å². The minimum Gasteiger partial charge on any atom is -0.508 e. The first-order valence-electron chi connectivity index (χ1n) is 7.77. The standard InChI is InChI=1S/C18H14ClFN2O5/c19-12-7-11(13(24)8-14(12)25)17-15(9-1-3-10(23)4-2-9)16(22-27-17)18(26)21-6-5-20/h1-4,7-8,23-25H,5-6H2,(H,21,26)/i20-1. The average molecular weight is 392 g/mol. The molecule has 9 heteroatoms. The van der Waals surface area contributed by atoms with Gasteiger partial charge in [-0.15, -0.1) is 0 Å². The van der Waals surface area contributed by atoms with E-state index in [1.54, 1.807) is 0 Å². The molecule has 0 atom stereocenters. The molecule has 0 fully saturated rings. The highest BCUT2D eigenvalue weighted by molar-refractivity contribution is 6.32. The molecule has 0 aliphatic rings. The molecular weight excluding hydrogens is 378 g/mol. The van der Waals surface area contributed by atoms with E-state index in [0.29, 0.717) is 5.56 Å². The maximum Gasteiger partial charge on any atom is 0.274 e. The summed E-state index contributed by atoms with van der Waals surface area (Å²) in [6, 6.07) is 8.15. The summed E-state index contributed by atoms with van der Waals surface area (Å²) in [5, 5.41) is 35.4. The Kier molecular flexibility index (Phi) is 5.18. The van der Waals surface area contributed by atoms with Gasteiger partial charge in [0, 0.05) is 12.6 Å². The second-order valence-electron chi connectivity index (χ2n) is 5.55. The minimum absolute atomic E-state index is 0.00992. The van der Waals surface area contributed by atoms with Gasteiger partial charge in [-0.2, -0.15) is 0 Å². The van der Waals surface area contributed by atoms with Crippen molar-refractivity contribution in [1.82, 2.24) is 10.5 Å². The van der Waals surface area contributed by atoms with Gasteiger partial charge < -0.3 is 25.2 Å². The van der Waals surface area contributed by atoms with E-state index in [1.807, 2.05) is 0 Å². The SMILES string of the molecule is O=C(NCC[18F])c1noc(-c2cc(Cl)c(O)cc2O)c1-c1ccc(O)cc1. The molecule has 3 aromatic rings. The highest BCUT2D eigenvalue weighted by atomic mass is 35.5. The molecule has 1 aromatic heterocycles. The minimum atomic E-state index is -0.751. The predicted molar refractivity (Wildman–Crippen MR) is 95.7 cm³/mol. The number of benzene rings is 2. The van der Waals surface area contributed by atoms with Crippen molar-refractivity contribution >= 4 is 17.5 Å². The molecule has 7 nitrogen and oxygen atoms in total. The van der Waals surface area contributed by atoms with Gasteiger partial charge >= 0.3 is 0 Å². The Labute approximate surface area is 157 Å². The van der Waals surface area contributed by atoms with Gasteiger partial charge in [0.15, 0.2) is 11.5 Å². The molecule has 0 saturated heterocycles. The molecule has 27 heavy (non-hydrogen) atoms. The Morgan fingerprint density at radius 3 is 2.52 bits per heavy atom. The molecule has 0 unspecified atom stereocenters. The lowest BCUT2D eigenvalue weighted by atomic mass is 9.98. The number of hydrogen-bond donors (Lipinski definition) is 4. The third-order valence-corrected chi connectivity index (χ3v) is 4.06. The van der Waals surface area contributed by atoms with Crippen molar-refractivity contribution < 1.29 is 29.0 Å². The number of nitrogens with zero attached hydrogens (tertiary/aromatic N) is 1. The molecule has 1 amide bonds. The van der Waals surface area contributed by atoms with Crippen molar-refractivity contribution in [1.29, 1.82) is 0 Å². The van der Waals surface area contributed by atoms with Gasteiger partial charge in [-0.25, -0.2) is 4.39 Å². The zero-order valence-electron chi connectivity index (χ0n) is 13.7. The van der Waals surface area contributed by atoms with Crippen molar-refractivity contribution in [3.8, 4) is 39.7 Å². The highest BCUT2D eigenvalue weighted by Gasteiger charge is 2.26. The fourth-order valence-corrected chi connectivity index (χ4v) is 2.67. The van der Waals surface area contributed by atoms with Crippen LogP contribution in [0.2, 0.25) is 5.02 Å². The number of aromatic hydroxyl groups is 3. The van der Waals surface area contributed by atoms with Crippen molar-refractivity contribution in [3.63, 3.8) is 0 Å². The van der Waals surface area contributed by atoms with E-state index in [2.05, 4.69) is 10.5 Å². The molecule has 0 spiro atoms. The second-order valence-corrected chi connectivity index (χ2v) is 5.96. The summed E-state index contributed by atoms with van der Waals surface area (Å²) in [7, 11) is 0. The van der Waals surface area contributed by atoms with Crippen LogP contribution >= 0.6 is 11.6 Å². The normalized spacial score (nSPS) is 10.7. The average Bonchev–Trinajstić information content (AvgIpc) is 3.08. The quantitative estimate of drug-likeness (QED) is 0.529. The summed E-state index contributed by atoms with van der Waals surface area (Å²) in [5.41, 5.74) is 0.632. The number of carbonyl (C=O) groups excluding carboxylic acids is 1. The van der Waals surface area contributed by atoms with Crippen molar-refractivity contribution in [2.45, 2.75) is 0 Å². The van der Waals surface area contributed by atoms with Crippen molar-refractivity contribution in [2.75, 3.05) is 13.2 Å². The molecule has 140 valence electrons. The Bertz CT molecular complexity index is 988. The lowest BCUT2D eigenvalue weighted by molar-refractivity contribution is 0.0942. The Hall–Kier alpha value is -3.26. The molecule has 4 N–H and O–H groups in total. The van der Waals surface area contributed by atoms with Gasteiger partial charge in [0.05, 0.1) is 16.1 Å². The number of nitrogens with one attached hydrogen (secondary N) is 1.